The number of nitrogens with zero attached hydrogens (tertiary/aromatic N) is 3. The molecule has 1 fully saturated rings. The molecule has 2 amide bonds. The quantitative estimate of drug-likeness (QED) is 0.897. The molecule has 2 rings (SSSR count). The molecule has 0 radical (unpaired) electrons. The summed E-state index contributed by atoms with van der Waals surface area (Å²) in [5.41, 5.74) is 0. The minimum absolute atomic E-state index is 0.0331. The van der Waals surface area contributed by atoms with Crippen molar-refractivity contribution in [3.8, 4) is 0 Å². The largest absolute Gasteiger partial charge is 0.342 e. The number of aromatic nitrogens is 2. The molecule has 6 nitrogen and oxygen atoms in total. The summed E-state index contributed by atoms with van der Waals surface area (Å²) in [6.07, 6.45) is 3.28. The highest BCUT2D eigenvalue weighted by molar-refractivity contribution is 5.97. The van der Waals surface area contributed by atoms with E-state index in [0.717, 1.165) is 0 Å². The van der Waals surface area contributed by atoms with Crippen LogP contribution >= 0.6 is 0 Å². The number of amides is 2. The smallest absolute Gasteiger partial charge is 0.246 e. The van der Waals surface area contributed by atoms with Gasteiger partial charge in [-0.15, -0.1) is 0 Å². The van der Waals surface area contributed by atoms with Crippen LogP contribution in [0.5, 0.6) is 0 Å². The molecule has 2 unspecified atom stereocenters. The van der Waals surface area contributed by atoms with Crippen molar-refractivity contribution in [1.82, 2.24) is 20.2 Å². The summed E-state index contributed by atoms with van der Waals surface area (Å²) in [5, 5.41) is 2.84. The van der Waals surface area contributed by atoms with Gasteiger partial charge >= 0.3 is 0 Å². The van der Waals surface area contributed by atoms with Crippen LogP contribution < -0.4 is 5.32 Å². The van der Waals surface area contributed by atoms with Crippen LogP contribution in [0.25, 0.3) is 0 Å². The SMILES string of the molecule is CC(C)C1NC(=O)C(C(C)C)N(Cc2ncccn2)C1=O. The third kappa shape index (κ3) is 3.20. The zero-order valence-electron chi connectivity index (χ0n) is 12.9. The maximum atomic E-state index is 12.7. The molecule has 0 aromatic carbocycles. The fraction of sp³-hybridized carbons (Fsp3) is 0.600. The van der Waals surface area contributed by atoms with Crippen molar-refractivity contribution in [2.45, 2.75) is 46.3 Å². The van der Waals surface area contributed by atoms with Crippen molar-refractivity contribution in [2.75, 3.05) is 0 Å². The van der Waals surface area contributed by atoms with Crippen LogP contribution in [0.3, 0.4) is 0 Å². The highest BCUT2D eigenvalue weighted by Crippen LogP contribution is 2.22. The van der Waals surface area contributed by atoms with Crippen LogP contribution in [0.4, 0.5) is 0 Å². The second-order valence-corrected chi connectivity index (χ2v) is 6.05. The Kier molecular flexibility index (Phi) is 4.55. The molecule has 2 heterocycles. The van der Waals surface area contributed by atoms with Gasteiger partial charge in [0.15, 0.2) is 0 Å². The zero-order chi connectivity index (χ0) is 15.6. The summed E-state index contributed by atoms with van der Waals surface area (Å²) < 4.78 is 0. The van der Waals surface area contributed by atoms with E-state index in [1.165, 1.54) is 0 Å². The van der Waals surface area contributed by atoms with Gasteiger partial charge in [0.1, 0.15) is 17.9 Å². The molecule has 1 saturated heterocycles. The number of rotatable bonds is 4. The monoisotopic (exact) mass is 290 g/mol. The molecule has 2 atom stereocenters. The zero-order valence-corrected chi connectivity index (χ0v) is 12.9. The Morgan fingerprint density at radius 3 is 2.29 bits per heavy atom. The Hall–Kier alpha value is -1.98. The van der Waals surface area contributed by atoms with Crippen LogP contribution in [0.15, 0.2) is 18.5 Å². The van der Waals surface area contributed by atoms with Gasteiger partial charge in [0.05, 0.1) is 6.54 Å². The molecule has 1 aliphatic heterocycles. The van der Waals surface area contributed by atoms with Crippen molar-refractivity contribution >= 4 is 11.8 Å². The summed E-state index contributed by atoms with van der Waals surface area (Å²) in [4.78, 5) is 35.0. The van der Waals surface area contributed by atoms with Crippen LogP contribution in [0.2, 0.25) is 0 Å². The third-order valence-electron chi connectivity index (χ3n) is 3.68. The lowest BCUT2D eigenvalue weighted by Crippen LogP contribution is -2.65. The van der Waals surface area contributed by atoms with E-state index in [1.807, 2.05) is 27.7 Å². The maximum absolute atomic E-state index is 12.7. The number of piperazine rings is 1. The lowest BCUT2D eigenvalue weighted by atomic mass is 9.93. The molecular weight excluding hydrogens is 268 g/mol. The van der Waals surface area contributed by atoms with Crippen LogP contribution in [0, 0.1) is 11.8 Å². The first kappa shape index (κ1) is 15.4. The Balaban J connectivity index is 2.30. The van der Waals surface area contributed by atoms with Gasteiger partial charge in [-0.2, -0.15) is 0 Å². The summed E-state index contributed by atoms with van der Waals surface area (Å²) in [5.74, 6) is 0.475. The number of nitrogens with one attached hydrogen (secondary N) is 1. The van der Waals surface area contributed by atoms with E-state index in [0.29, 0.717) is 5.82 Å². The Morgan fingerprint density at radius 1 is 1.14 bits per heavy atom. The molecule has 6 heteroatoms. The maximum Gasteiger partial charge on any atom is 0.246 e. The predicted molar refractivity (Wildman–Crippen MR) is 78.0 cm³/mol. The van der Waals surface area contributed by atoms with Crippen molar-refractivity contribution in [3.63, 3.8) is 0 Å². The van der Waals surface area contributed by atoms with Crippen LogP contribution in [-0.4, -0.2) is 38.8 Å². The molecule has 1 N–H and O–H groups in total. The molecular formula is C15H22N4O2. The number of carbonyl (C=O) groups excluding carboxylic acids is 2. The lowest BCUT2D eigenvalue weighted by Gasteiger charge is -2.41. The molecule has 1 aromatic heterocycles. The molecule has 0 spiro atoms. The number of carbonyl (C=O) groups is 2. The minimum Gasteiger partial charge on any atom is -0.342 e. The van der Waals surface area contributed by atoms with E-state index in [-0.39, 0.29) is 30.2 Å². The average molecular weight is 290 g/mol. The topological polar surface area (TPSA) is 75.2 Å². The molecule has 0 saturated carbocycles. The van der Waals surface area contributed by atoms with Crippen molar-refractivity contribution < 1.29 is 9.59 Å². The van der Waals surface area contributed by atoms with Gasteiger partial charge in [-0.05, 0) is 17.9 Å². The molecule has 114 valence electrons. The summed E-state index contributed by atoms with van der Waals surface area (Å²) in [6.45, 7) is 7.99. The number of hydrogen-bond acceptors (Lipinski definition) is 4. The van der Waals surface area contributed by atoms with Crippen LogP contribution in [-0.2, 0) is 16.1 Å². The summed E-state index contributed by atoms with van der Waals surface area (Å²) in [6, 6.07) is 0.776. The standard InChI is InChI=1S/C15H22N4O2/c1-9(2)12-15(21)19(8-11-16-6-5-7-17-11)13(10(3)4)14(20)18-12/h5-7,9-10,12-13H,8H2,1-4H3,(H,18,20). The lowest BCUT2D eigenvalue weighted by molar-refractivity contribution is -0.153. The molecule has 0 bridgehead atoms. The van der Waals surface area contributed by atoms with Gasteiger partial charge in [-0.25, -0.2) is 9.97 Å². The van der Waals surface area contributed by atoms with Gasteiger partial charge in [0.2, 0.25) is 11.8 Å². The van der Waals surface area contributed by atoms with Gasteiger partial charge in [0, 0.05) is 12.4 Å². The van der Waals surface area contributed by atoms with Crippen LogP contribution in [0.1, 0.15) is 33.5 Å². The van der Waals surface area contributed by atoms with E-state index < -0.39 is 12.1 Å². The third-order valence-corrected chi connectivity index (χ3v) is 3.68. The molecule has 21 heavy (non-hydrogen) atoms. The normalized spacial score (nSPS) is 22.9. The van der Waals surface area contributed by atoms with Gasteiger partial charge < -0.3 is 10.2 Å². The fourth-order valence-corrected chi connectivity index (χ4v) is 2.61. The minimum atomic E-state index is -0.476. The first-order chi connectivity index (χ1) is 9.91. The second kappa shape index (κ2) is 6.20. The van der Waals surface area contributed by atoms with E-state index in [1.54, 1.807) is 23.4 Å². The number of hydrogen-bond donors (Lipinski definition) is 1. The first-order valence-corrected chi connectivity index (χ1v) is 7.28. The summed E-state index contributed by atoms with van der Waals surface area (Å²) in [7, 11) is 0. The summed E-state index contributed by atoms with van der Waals surface area (Å²) >= 11 is 0. The first-order valence-electron chi connectivity index (χ1n) is 7.28. The van der Waals surface area contributed by atoms with Gasteiger partial charge in [-0.1, -0.05) is 27.7 Å². The van der Waals surface area contributed by atoms with E-state index >= 15 is 0 Å². The van der Waals surface area contributed by atoms with E-state index in [9.17, 15) is 9.59 Å². The average Bonchev–Trinajstić information content (AvgIpc) is 2.43. The van der Waals surface area contributed by atoms with Crippen molar-refractivity contribution in [3.05, 3.63) is 24.3 Å². The van der Waals surface area contributed by atoms with Gasteiger partial charge in [0.25, 0.3) is 0 Å². The Bertz CT molecular complexity index is 516. The molecule has 1 aromatic rings. The highest BCUT2D eigenvalue weighted by Gasteiger charge is 2.43. The van der Waals surface area contributed by atoms with E-state index in [2.05, 4.69) is 15.3 Å². The fourth-order valence-electron chi connectivity index (χ4n) is 2.61. The van der Waals surface area contributed by atoms with Crippen molar-refractivity contribution in [1.29, 1.82) is 0 Å². The van der Waals surface area contributed by atoms with Crippen molar-refractivity contribution in [2.24, 2.45) is 11.8 Å². The molecule has 1 aliphatic rings. The van der Waals surface area contributed by atoms with Gasteiger partial charge in [-0.3, -0.25) is 9.59 Å². The Morgan fingerprint density at radius 2 is 1.76 bits per heavy atom. The predicted octanol–water partition coefficient (Wildman–Crippen LogP) is 0.984. The highest BCUT2D eigenvalue weighted by atomic mass is 16.2. The molecule has 0 aliphatic carbocycles. The van der Waals surface area contributed by atoms with E-state index in [4.69, 9.17) is 0 Å². The Labute approximate surface area is 125 Å². The second-order valence-electron chi connectivity index (χ2n) is 6.05.